The highest BCUT2D eigenvalue weighted by Gasteiger charge is 2.32. The van der Waals surface area contributed by atoms with Crippen LogP contribution in [0.4, 0.5) is 11.8 Å². The number of halogens is 1. The SMILES string of the molecule is CC1CCCC(O)(CNc2nc(N)cc(Br)n2)C1. The van der Waals surface area contributed by atoms with Gasteiger partial charge in [-0.25, -0.2) is 4.98 Å². The predicted molar refractivity (Wildman–Crippen MR) is 75.2 cm³/mol. The molecule has 0 aromatic carbocycles. The molecule has 1 fully saturated rings. The summed E-state index contributed by atoms with van der Waals surface area (Å²) in [5.74, 6) is 1.43. The highest BCUT2D eigenvalue weighted by atomic mass is 79.9. The van der Waals surface area contributed by atoms with Crippen LogP contribution >= 0.6 is 15.9 Å². The van der Waals surface area contributed by atoms with Gasteiger partial charge in [0.05, 0.1) is 5.60 Å². The van der Waals surface area contributed by atoms with E-state index in [1.807, 2.05) is 0 Å². The van der Waals surface area contributed by atoms with Crippen molar-refractivity contribution in [2.45, 2.75) is 38.2 Å². The third-order valence-corrected chi connectivity index (χ3v) is 3.76. The molecule has 0 saturated heterocycles. The number of aliphatic hydroxyl groups is 1. The molecule has 2 atom stereocenters. The molecular weight excluding hydrogens is 296 g/mol. The first-order valence-corrected chi connectivity index (χ1v) is 7.02. The Morgan fingerprint density at radius 3 is 3.06 bits per heavy atom. The fraction of sp³-hybridized carbons (Fsp3) is 0.667. The number of nitrogens with zero attached hydrogens (tertiary/aromatic N) is 2. The molecule has 0 spiro atoms. The Kier molecular flexibility index (Phi) is 4.07. The Labute approximate surface area is 115 Å². The molecule has 1 aromatic rings. The summed E-state index contributed by atoms with van der Waals surface area (Å²) in [7, 11) is 0. The maximum Gasteiger partial charge on any atom is 0.225 e. The lowest BCUT2D eigenvalue weighted by Crippen LogP contribution is -2.41. The molecule has 100 valence electrons. The van der Waals surface area contributed by atoms with Gasteiger partial charge in [0, 0.05) is 12.6 Å². The molecule has 2 unspecified atom stereocenters. The number of anilines is 2. The number of hydrogen-bond donors (Lipinski definition) is 3. The molecule has 1 aliphatic rings. The summed E-state index contributed by atoms with van der Waals surface area (Å²) >= 11 is 3.27. The van der Waals surface area contributed by atoms with Crippen LogP contribution in [0.2, 0.25) is 0 Å². The molecule has 1 aliphatic carbocycles. The van der Waals surface area contributed by atoms with Crippen LogP contribution < -0.4 is 11.1 Å². The molecule has 0 amide bonds. The van der Waals surface area contributed by atoms with Gasteiger partial charge in [0.2, 0.25) is 5.95 Å². The molecule has 1 saturated carbocycles. The Bertz CT molecular complexity index is 408. The lowest BCUT2D eigenvalue weighted by atomic mass is 9.79. The van der Waals surface area contributed by atoms with E-state index in [1.165, 1.54) is 6.42 Å². The lowest BCUT2D eigenvalue weighted by Gasteiger charge is -2.35. The van der Waals surface area contributed by atoms with Crippen molar-refractivity contribution in [1.82, 2.24) is 9.97 Å². The molecule has 4 N–H and O–H groups in total. The fourth-order valence-corrected chi connectivity index (χ4v) is 2.95. The Morgan fingerprint density at radius 1 is 1.61 bits per heavy atom. The highest BCUT2D eigenvalue weighted by molar-refractivity contribution is 9.10. The Balaban J connectivity index is 1.98. The van der Waals surface area contributed by atoms with E-state index >= 15 is 0 Å². The number of aromatic nitrogens is 2. The first-order chi connectivity index (χ1) is 8.47. The van der Waals surface area contributed by atoms with Gasteiger partial charge in [-0.3, -0.25) is 0 Å². The van der Waals surface area contributed by atoms with Crippen LogP contribution in [0.25, 0.3) is 0 Å². The van der Waals surface area contributed by atoms with E-state index in [9.17, 15) is 5.11 Å². The van der Waals surface area contributed by atoms with Crippen LogP contribution in [0.15, 0.2) is 10.7 Å². The number of hydrogen-bond acceptors (Lipinski definition) is 5. The van der Waals surface area contributed by atoms with Gasteiger partial charge in [0.15, 0.2) is 0 Å². The molecule has 18 heavy (non-hydrogen) atoms. The summed E-state index contributed by atoms with van der Waals surface area (Å²) in [5, 5.41) is 13.6. The van der Waals surface area contributed by atoms with Gasteiger partial charge in [-0.1, -0.05) is 19.8 Å². The largest absolute Gasteiger partial charge is 0.388 e. The minimum Gasteiger partial charge on any atom is -0.388 e. The van der Waals surface area contributed by atoms with E-state index in [0.717, 1.165) is 19.3 Å². The van der Waals surface area contributed by atoms with Crippen LogP contribution in [0, 0.1) is 5.92 Å². The minimum atomic E-state index is -0.655. The standard InChI is InChI=1S/C12H19BrN4O/c1-8-3-2-4-12(18,6-8)7-15-11-16-9(13)5-10(14)17-11/h5,8,18H,2-4,6-7H2,1H3,(H3,14,15,16,17). The maximum atomic E-state index is 10.5. The highest BCUT2D eigenvalue weighted by Crippen LogP contribution is 2.32. The predicted octanol–water partition coefficient (Wildman–Crippen LogP) is 2.17. The average Bonchev–Trinajstić information content (AvgIpc) is 2.25. The van der Waals surface area contributed by atoms with E-state index in [-0.39, 0.29) is 0 Å². The lowest BCUT2D eigenvalue weighted by molar-refractivity contribution is -0.000897. The summed E-state index contributed by atoms with van der Waals surface area (Å²) in [4.78, 5) is 8.25. The van der Waals surface area contributed by atoms with E-state index in [1.54, 1.807) is 6.07 Å². The van der Waals surface area contributed by atoms with Crippen molar-refractivity contribution >= 4 is 27.7 Å². The van der Waals surface area contributed by atoms with Gasteiger partial charge in [0.1, 0.15) is 10.4 Å². The molecule has 0 radical (unpaired) electrons. The smallest absolute Gasteiger partial charge is 0.225 e. The molecule has 6 heteroatoms. The molecule has 2 rings (SSSR count). The molecule has 0 aliphatic heterocycles. The van der Waals surface area contributed by atoms with Crippen LogP contribution in [0.3, 0.4) is 0 Å². The van der Waals surface area contributed by atoms with E-state index < -0.39 is 5.60 Å². The van der Waals surface area contributed by atoms with Crippen molar-refractivity contribution in [3.05, 3.63) is 10.7 Å². The van der Waals surface area contributed by atoms with Crippen molar-refractivity contribution in [3.8, 4) is 0 Å². The number of nitrogens with two attached hydrogens (primary N) is 1. The molecular formula is C12H19BrN4O. The molecule has 1 aromatic heterocycles. The number of rotatable bonds is 3. The Morgan fingerprint density at radius 2 is 2.39 bits per heavy atom. The van der Waals surface area contributed by atoms with Crippen LogP contribution in [0.5, 0.6) is 0 Å². The average molecular weight is 315 g/mol. The van der Waals surface area contributed by atoms with E-state index in [0.29, 0.717) is 28.8 Å². The third kappa shape index (κ3) is 3.55. The zero-order chi connectivity index (χ0) is 13.2. The van der Waals surface area contributed by atoms with Crippen molar-refractivity contribution in [3.63, 3.8) is 0 Å². The van der Waals surface area contributed by atoms with Gasteiger partial charge in [-0.15, -0.1) is 0 Å². The number of nitrogens with one attached hydrogen (secondary N) is 1. The number of nitrogen functional groups attached to an aromatic ring is 1. The monoisotopic (exact) mass is 314 g/mol. The summed E-state index contributed by atoms with van der Waals surface area (Å²) < 4.78 is 0.640. The first-order valence-electron chi connectivity index (χ1n) is 6.23. The molecule has 1 heterocycles. The van der Waals surface area contributed by atoms with Crippen molar-refractivity contribution in [2.75, 3.05) is 17.6 Å². The summed E-state index contributed by atoms with van der Waals surface area (Å²) in [6, 6.07) is 1.64. The summed E-state index contributed by atoms with van der Waals surface area (Å²) in [6.07, 6.45) is 3.92. The van der Waals surface area contributed by atoms with E-state index in [2.05, 4.69) is 38.1 Å². The maximum absolute atomic E-state index is 10.5. The van der Waals surface area contributed by atoms with Crippen LogP contribution in [0.1, 0.15) is 32.6 Å². The normalized spacial score (nSPS) is 28.1. The second-order valence-corrected chi connectivity index (χ2v) is 6.03. The van der Waals surface area contributed by atoms with Gasteiger partial charge in [0.25, 0.3) is 0 Å². The fourth-order valence-electron chi connectivity index (χ4n) is 2.55. The van der Waals surface area contributed by atoms with Crippen LogP contribution in [-0.2, 0) is 0 Å². The van der Waals surface area contributed by atoms with Gasteiger partial charge in [-0.05, 0) is 34.7 Å². The summed E-state index contributed by atoms with van der Waals surface area (Å²) in [6.45, 7) is 2.64. The first kappa shape index (κ1) is 13.5. The summed E-state index contributed by atoms with van der Waals surface area (Å²) in [5.41, 5.74) is 4.98. The minimum absolute atomic E-state index is 0.406. The third-order valence-electron chi connectivity index (χ3n) is 3.36. The zero-order valence-electron chi connectivity index (χ0n) is 10.5. The van der Waals surface area contributed by atoms with Gasteiger partial charge < -0.3 is 16.2 Å². The van der Waals surface area contributed by atoms with Crippen molar-refractivity contribution in [2.24, 2.45) is 5.92 Å². The Hall–Kier alpha value is -0.880. The van der Waals surface area contributed by atoms with Crippen LogP contribution in [-0.4, -0.2) is 27.2 Å². The van der Waals surface area contributed by atoms with Gasteiger partial charge in [-0.2, -0.15) is 4.98 Å². The van der Waals surface area contributed by atoms with Gasteiger partial charge >= 0.3 is 0 Å². The second-order valence-electron chi connectivity index (χ2n) is 5.22. The van der Waals surface area contributed by atoms with Crippen molar-refractivity contribution < 1.29 is 5.11 Å². The van der Waals surface area contributed by atoms with Crippen molar-refractivity contribution in [1.29, 1.82) is 0 Å². The second kappa shape index (κ2) is 5.40. The topological polar surface area (TPSA) is 84.1 Å². The molecule has 5 nitrogen and oxygen atoms in total. The quantitative estimate of drug-likeness (QED) is 0.745. The zero-order valence-corrected chi connectivity index (χ0v) is 12.1. The van der Waals surface area contributed by atoms with E-state index in [4.69, 9.17) is 5.73 Å². The molecule has 0 bridgehead atoms.